The maximum absolute atomic E-state index is 2.42. The Kier molecular flexibility index (Phi) is 3.24. The highest BCUT2D eigenvalue weighted by Gasteiger charge is 2.29. The number of nitrogens with zero attached hydrogens (tertiary/aromatic N) is 1. The standard InChI is InChI=1S/C21H22NSi/c1-23(2,3)19-11-12-21-20-13-17(16-7-5-4-6-8-16)9-10-18(20)14-22(21)15-19/h4-13,15H,14H2,1-3H3/q+1. The zero-order valence-electron chi connectivity index (χ0n) is 14.0. The molecule has 0 saturated carbocycles. The summed E-state index contributed by atoms with van der Waals surface area (Å²) in [6.07, 6.45) is 2.38. The zero-order valence-corrected chi connectivity index (χ0v) is 15.0. The lowest BCUT2D eigenvalue weighted by Crippen LogP contribution is -2.45. The van der Waals surface area contributed by atoms with E-state index >= 15 is 0 Å². The van der Waals surface area contributed by atoms with E-state index in [1.807, 2.05) is 0 Å². The molecule has 1 aliphatic rings. The Hall–Kier alpha value is -2.19. The molecule has 2 heterocycles. The van der Waals surface area contributed by atoms with Crippen molar-refractivity contribution in [3.05, 3.63) is 72.4 Å². The summed E-state index contributed by atoms with van der Waals surface area (Å²) in [5.74, 6) is 0. The van der Waals surface area contributed by atoms with Crippen LogP contribution in [0.3, 0.4) is 0 Å². The molecule has 2 heteroatoms. The summed E-state index contributed by atoms with van der Waals surface area (Å²) in [6.45, 7) is 8.22. The molecule has 0 aliphatic carbocycles. The third kappa shape index (κ3) is 2.53. The molecule has 0 unspecified atom stereocenters. The maximum Gasteiger partial charge on any atom is 0.213 e. The van der Waals surface area contributed by atoms with E-state index in [9.17, 15) is 0 Å². The predicted octanol–water partition coefficient (Wildman–Crippen LogP) is 4.22. The molecular formula is C21H22NSi+. The number of fused-ring (bicyclic) bond motifs is 3. The Morgan fingerprint density at radius 3 is 2.35 bits per heavy atom. The molecule has 1 nitrogen and oxygen atoms in total. The van der Waals surface area contributed by atoms with E-state index in [1.54, 1.807) is 0 Å². The molecule has 1 aliphatic heterocycles. The summed E-state index contributed by atoms with van der Waals surface area (Å²) in [7, 11) is -1.26. The van der Waals surface area contributed by atoms with Gasteiger partial charge in [0.2, 0.25) is 5.69 Å². The molecule has 23 heavy (non-hydrogen) atoms. The molecule has 2 aromatic carbocycles. The molecule has 4 rings (SSSR count). The number of hydrogen-bond acceptors (Lipinski definition) is 0. The Balaban J connectivity index is 1.80. The Labute approximate surface area is 139 Å². The second-order valence-electron chi connectivity index (χ2n) is 7.42. The fourth-order valence-corrected chi connectivity index (χ4v) is 4.44. The molecule has 114 valence electrons. The first-order chi connectivity index (χ1) is 11.0. The minimum Gasteiger partial charge on any atom is -0.194 e. The average molecular weight is 316 g/mol. The van der Waals surface area contributed by atoms with Gasteiger partial charge in [0, 0.05) is 16.8 Å². The van der Waals surface area contributed by atoms with Gasteiger partial charge in [-0.2, -0.15) is 4.57 Å². The average Bonchev–Trinajstić information content (AvgIpc) is 2.91. The summed E-state index contributed by atoms with van der Waals surface area (Å²) < 4.78 is 2.42. The number of benzene rings is 2. The first kappa shape index (κ1) is 14.4. The predicted molar refractivity (Wildman–Crippen MR) is 99.6 cm³/mol. The van der Waals surface area contributed by atoms with Crippen LogP contribution in [-0.4, -0.2) is 8.07 Å². The Bertz CT molecular complexity index is 876. The molecular weight excluding hydrogens is 294 g/mol. The molecule has 3 aromatic rings. The quantitative estimate of drug-likeness (QED) is 0.385. The van der Waals surface area contributed by atoms with Gasteiger partial charge in [-0.3, -0.25) is 0 Å². The monoisotopic (exact) mass is 316 g/mol. The van der Waals surface area contributed by atoms with E-state index in [4.69, 9.17) is 0 Å². The van der Waals surface area contributed by atoms with Gasteiger partial charge in [-0.15, -0.1) is 0 Å². The largest absolute Gasteiger partial charge is 0.213 e. The van der Waals surface area contributed by atoms with Gasteiger partial charge in [-0.25, -0.2) is 0 Å². The highest BCUT2D eigenvalue weighted by Crippen LogP contribution is 2.31. The zero-order chi connectivity index (χ0) is 16.0. The maximum atomic E-state index is 2.42. The van der Waals surface area contributed by atoms with Crippen molar-refractivity contribution < 1.29 is 4.57 Å². The molecule has 0 saturated heterocycles. The van der Waals surface area contributed by atoms with Crippen LogP contribution >= 0.6 is 0 Å². The van der Waals surface area contributed by atoms with Gasteiger partial charge >= 0.3 is 0 Å². The fourth-order valence-electron chi connectivity index (χ4n) is 3.31. The molecule has 0 bridgehead atoms. The number of pyridine rings is 1. The van der Waals surface area contributed by atoms with Crippen LogP contribution in [0.25, 0.3) is 22.4 Å². The Morgan fingerprint density at radius 2 is 1.61 bits per heavy atom. The summed E-state index contributed by atoms with van der Waals surface area (Å²) >= 11 is 0. The van der Waals surface area contributed by atoms with Crippen molar-refractivity contribution in [2.24, 2.45) is 0 Å². The van der Waals surface area contributed by atoms with Crippen molar-refractivity contribution in [3.8, 4) is 22.4 Å². The van der Waals surface area contributed by atoms with Crippen molar-refractivity contribution in [2.75, 3.05) is 0 Å². The van der Waals surface area contributed by atoms with Crippen LogP contribution in [0, 0.1) is 0 Å². The smallest absolute Gasteiger partial charge is 0.194 e. The van der Waals surface area contributed by atoms with Crippen molar-refractivity contribution in [3.63, 3.8) is 0 Å². The minimum absolute atomic E-state index is 0.998. The SMILES string of the molecule is C[Si](C)(C)c1ccc2[n+](c1)Cc1ccc(-c3ccccc3)cc1-2. The van der Waals surface area contributed by atoms with Crippen LogP contribution in [0.4, 0.5) is 0 Å². The molecule has 1 aromatic heterocycles. The van der Waals surface area contributed by atoms with Gasteiger partial charge in [0.25, 0.3) is 0 Å². The number of aromatic nitrogens is 1. The highest BCUT2D eigenvalue weighted by molar-refractivity contribution is 6.88. The number of hydrogen-bond donors (Lipinski definition) is 0. The third-order valence-corrected chi connectivity index (χ3v) is 6.75. The van der Waals surface area contributed by atoms with Gasteiger partial charge in [0.05, 0.1) is 13.6 Å². The first-order valence-electron chi connectivity index (χ1n) is 8.25. The molecule has 0 amide bonds. The molecule has 0 fully saturated rings. The van der Waals surface area contributed by atoms with Crippen LogP contribution in [-0.2, 0) is 6.54 Å². The Morgan fingerprint density at radius 1 is 0.826 bits per heavy atom. The van der Waals surface area contributed by atoms with Gasteiger partial charge in [0.15, 0.2) is 12.7 Å². The van der Waals surface area contributed by atoms with E-state index in [0.29, 0.717) is 0 Å². The second kappa shape index (κ2) is 5.17. The van der Waals surface area contributed by atoms with E-state index in [2.05, 4.69) is 91.1 Å². The van der Waals surface area contributed by atoms with E-state index in [0.717, 1.165) is 6.54 Å². The minimum atomic E-state index is -1.26. The van der Waals surface area contributed by atoms with Crippen molar-refractivity contribution in [1.29, 1.82) is 0 Å². The first-order valence-corrected chi connectivity index (χ1v) is 11.7. The van der Waals surface area contributed by atoms with Gasteiger partial charge in [-0.05, 0) is 17.2 Å². The van der Waals surface area contributed by atoms with Crippen LogP contribution in [0.15, 0.2) is 66.9 Å². The van der Waals surface area contributed by atoms with Crippen LogP contribution in [0.2, 0.25) is 19.6 Å². The van der Waals surface area contributed by atoms with Gasteiger partial charge < -0.3 is 0 Å². The van der Waals surface area contributed by atoms with Crippen molar-refractivity contribution in [2.45, 2.75) is 26.2 Å². The summed E-state index contributed by atoms with van der Waals surface area (Å²) in [6, 6.07) is 22.2. The third-order valence-electron chi connectivity index (χ3n) is 4.72. The topological polar surface area (TPSA) is 3.88 Å². The van der Waals surface area contributed by atoms with Crippen LogP contribution in [0.1, 0.15) is 5.56 Å². The fraction of sp³-hybridized carbons (Fsp3) is 0.190. The lowest BCUT2D eigenvalue weighted by molar-refractivity contribution is -0.671. The van der Waals surface area contributed by atoms with Crippen molar-refractivity contribution >= 4 is 13.3 Å². The molecule has 0 radical (unpaired) electrons. The molecule has 0 N–H and O–H groups in total. The van der Waals surface area contributed by atoms with Crippen LogP contribution < -0.4 is 9.75 Å². The second-order valence-corrected chi connectivity index (χ2v) is 12.5. The normalized spacial score (nSPS) is 12.8. The van der Waals surface area contributed by atoms with Gasteiger partial charge in [-0.1, -0.05) is 68.2 Å². The molecule has 0 spiro atoms. The van der Waals surface area contributed by atoms with E-state index in [1.165, 1.54) is 33.1 Å². The molecule has 0 atom stereocenters. The van der Waals surface area contributed by atoms with Crippen molar-refractivity contribution in [1.82, 2.24) is 0 Å². The lowest BCUT2D eigenvalue weighted by atomic mass is 9.99. The highest BCUT2D eigenvalue weighted by atomic mass is 28.3. The summed E-state index contributed by atoms with van der Waals surface area (Å²) in [5.41, 5.74) is 6.74. The van der Waals surface area contributed by atoms with Gasteiger partial charge in [0.1, 0.15) is 0 Å². The summed E-state index contributed by atoms with van der Waals surface area (Å²) in [5, 5.41) is 1.53. The number of rotatable bonds is 2. The van der Waals surface area contributed by atoms with E-state index < -0.39 is 8.07 Å². The van der Waals surface area contributed by atoms with E-state index in [-0.39, 0.29) is 0 Å². The summed E-state index contributed by atoms with van der Waals surface area (Å²) in [4.78, 5) is 0. The van der Waals surface area contributed by atoms with Crippen LogP contribution in [0.5, 0.6) is 0 Å². The lowest BCUT2D eigenvalue weighted by Gasteiger charge is -2.14.